The summed E-state index contributed by atoms with van der Waals surface area (Å²) in [4.78, 5) is 28.2. The van der Waals surface area contributed by atoms with E-state index < -0.39 is 30.7 Å². The largest absolute Gasteiger partial charge is 0.494 e. The maximum atomic E-state index is 13.2. The van der Waals surface area contributed by atoms with E-state index in [2.05, 4.69) is 20.3 Å². The van der Waals surface area contributed by atoms with E-state index in [-0.39, 0.29) is 26.2 Å². The number of carbonyl (C=O) groups is 1. The number of imidazole rings is 1. The number of hydrogen-bond donors (Lipinski definition) is 1. The molecule has 0 radical (unpaired) electrons. The van der Waals surface area contributed by atoms with Crippen molar-refractivity contribution in [2.24, 2.45) is 0 Å². The highest BCUT2D eigenvalue weighted by molar-refractivity contribution is 5.75. The first-order valence-corrected chi connectivity index (χ1v) is 12.4. The average molecular weight is 537 g/mol. The molecular formula is C25H31F3N6O4. The van der Waals surface area contributed by atoms with Crippen LogP contribution in [0.1, 0.15) is 44.8 Å². The summed E-state index contributed by atoms with van der Waals surface area (Å²) in [5, 5.41) is 2.72. The molecule has 1 aliphatic heterocycles. The number of hydrogen-bond acceptors (Lipinski definition) is 7. The van der Waals surface area contributed by atoms with Crippen molar-refractivity contribution in [3.8, 4) is 22.9 Å². The zero-order valence-electron chi connectivity index (χ0n) is 21.5. The number of pyridine rings is 1. The Morgan fingerprint density at radius 3 is 2.82 bits per heavy atom. The zero-order valence-corrected chi connectivity index (χ0v) is 21.5. The molecule has 3 aromatic rings. The maximum absolute atomic E-state index is 13.2. The molecule has 3 aromatic heterocycles. The van der Waals surface area contributed by atoms with Crippen LogP contribution in [0.15, 0.2) is 30.9 Å². The van der Waals surface area contributed by atoms with E-state index in [4.69, 9.17) is 14.2 Å². The maximum Gasteiger partial charge on any atom is 0.389 e. The highest BCUT2D eigenvalue weighted by Crippen LogP contribution is 2.33. The van der Waals surface area contributed by atoms with Crippen molar-refractivity contribution < 1.29 is 32.2 Å². The van der Waals surface area contributed by atoms with Crippen LogP contribution in [-0.2, 0) is 4.74 Å². The summed E-state index contributed by atoms with van der Waals surface area (Å²) in [5.41, 5.74) is 2.28. The number of fused-ring (bicyclic) bond motifs is 7. The first-order chi connectivity index (χ1) is 18.2. The Bertz CT molecular complexity index is 1250. The number of halogens is 3. The van der Waals surface area contributed by atoms with Gasteiger partial charge in [-0.15, -0.1) is 0 Å². The second-order valence-corrected chi connectivity index (χ2v) is 8.94. The lowest BCUT2D eigenvalue weighted by molar-refractivity contribution is -0.137. The van der Waals surface area contributed by atoms with E-state index in [1.807, 2.05) is 0 Å². The Kier molecular flexibility index (Phi) is 8.55. The lowest BCUT2D eigenvalue weighted by Gasteiger charge is -2.30. The van der Waals surface area contributed by atoms with Crippen molar-refractivity contribution in [1.82, 2.24) is 29.6 Å². The number of ether oxygens (including phenoxy) is 3. The molecule has 0 fully saturated rings. The number of urea groups is 1. The van der Waals surface area contributed by atoms with Crippen LogP contribution >= 0.6 is 0 Å². The van der Waals surface area contributed by atoms with Gasteiger partial charge in [-0.2, -0.15) is 13.2 Å². The van der Waals surface area contributed by atoms with E-state index in [0.29, 0.717) is 47.2 Å². The predicted octanol–water partition coefficient (Wildman–Crippen LogP) is 4.40. The number of nitrogens with one attached hydrogen (secondary N) is 1. The molecule has 4 heterocycles. The monoisotopic (exact) mass is 536 g/mol. The smallest absolute Gasteiger partial charge is 0.389 e. The molecule has 0 saturated heterocycles. The van der Waals surface area contributed by atoms with Gasteiger partial charge in [0.1, 0.15) is 5.75 Å². The molecule has 2 atom stereocenters. The van der Waals surface area contributed by atoms with Crippen LogP contribution < -0.4 is 14.8 Å². The van der Waals surface area contributed by atoms with Crippen LogP contribution in [0, 0.1) is 0 Å². The minimum absolute atomic E-state index is 0.0586. The van der Waals surface area contributed by atoms with Crippen molar-refractivity contribution in [3.63, 3.8) is 0 Å². The molecule has 206 valence electrons. The van der Waals surface area contributed by atoms with Gasteiger partial charge in [0.05, 0.1) is 50.0 Å². The fourth-order valence-corrected chi connectivity index (χ4v) is 4.28. The van der Waals surface area contributed by atoms with Gasteiger partial charge < -0.3 is 28.8 Å². The van der Waals surface area contributed by atoms with Gasteiger partial charge in [-0.3, -0.25) is 4.98 Å². The third-order valence-corrected chi connectivity index (χ3v) is 6.32. The number of alkyl halides is 3. The topological polar surface area (TPSA) is 103 Å². The normalized spacial score (nSPS) is 19.5. The second-order valence-electron chi connectivity index (χ2n) is 8.94. The Labute approximate surface area is 218 Å². The third-order valence-electron chi connectivity index (χ3n) is 6.32. The molecule has 4 rings (SSSR count). The molecule has 0 spiro atoms. The zero-order chi connectivity index (χ0) is 27.3. The molecule has 1 aliphatic rings. The lowest BCUT2D eigenvalue weighted by atomic mass is 10.1. The second kappa shape index (κ2) is 11.8. The SMILES string of the molecule is CCN1C(=O)NC(CCC(F)(F)F)COCCCOc2nc(cn3ccnc23)-c2cc(ncc2OC)[C@H]1C. The van der Waals surface area contributed by atoms with Gasteiger partial charge in [-0.05, 0) is 26.3 Å². The van der Waals surface area contributed by atoms with Crippen molar-refractivity contribution in [1.29, 1.82) is 0 Å². The molecule has 2 amide bonds. The van der Waals surface area contributed by atoms with Crippen LogP contribution in [0.5, 0.6) is 11.6 Å². The molecular weight excluding hydrogens is 505 g/mol. The molecule has 1 unspecified atom stereocenters. The average Bonchev–Trinajstić information content (AvgIpc) is 3.37. The minimum Gasteiger partial charge on any atom is -0.494 e. The van der Waals surface area contributed by atoms with Crippen molar-refractivity contribution in [2.45, 2.75) is 51.4 Å². The predicted molar refractivity (Wildman–Crippen MR) is 132 cm³/mol. The number of rotatable bonds is 4. The van der Waals surface area contributed by atoms with E-state index in [1.54, 1.807) is 49.1 Å². The molecule has 0 saturated carbocycles. The van der Waals surface area contributed by atoms with Gasteiger partial charge >= 0.3 is 12.2 Å². The van der Waals surface area contributed by atoms with Crippen LogP contribution in [0.3, 0.4) is 0 Å². The summed E-state index contributed by atoms with van der Waals surface area (Å²) in [6.07, 6.45) is 1.56. The fourth-order valence-electron chi connectivity index (χ4n) is 4.28. The molecule has 4 bridgehead atoms. The quantitative estimate of drug-likeness (QED) is 0.527. The number of aromatic nitrogens is 4. The van der Waals surface area contributed by atoms with Crippen LogP contribution in [0.2, 0.25) is 0 Å². The first-order valence-electron chi connectivity index (χ1n) is 12.4. The van der Waals surface area contributed by atoms with Crippen molar-refractivity contribution in [3.05, 3.63) is 36.5 Å². The number of amides is 2. The Balaban J connectivity index is 1.72. The van der Waals surface area contributed by atoms with Crippen molar-refractivity contribution in [2.75, 3.05) is 33.5 Å². The number of methoxy groups -OCH3 is 1. The highest BCUT2D eigenvalue weighted by atomic mass is 19.4. The molecule has 38 heavy (non-hydrogen) atoms. The van der Waals surface area contributed by atoms with Gasteiger partial charge in [0.2, 0.25) is 5.65 Å². The van der Waals surface area contributed by atoms with Gasteiger partial charge in [0, 0.05) is 50.1 Å². The van der Waals surface area contributed by atoms with E-state index in [1.165, 1.54) is 12.0 Å². The summed E-state index contributed by atoms with van der Waals surface area (Å²) < 4.78 is 57.7. The van der Waals surface area contributed by atoms with E-state index >= 15 is 0 Å². The Hall–Kier alpha value is -3.61. The summed E-state index contributed by atoms with van der Waals surface area (Å²) in [5.74, 6) is 0.797. The summed E-state index contributed by atoms with van der Waals surface area (Å²) in [6.45, 7) is 4.32. The van der Waals surface area contributed by atoms with Crippen molar-refractivity contribution >= 4 is 11.7 Å². The van der Waals surface area contributed by atoms with Gasteiger partial charge in [0.25, 0.3) is 5.88 Å². The number of nitrogens with zero attached hydrogens (tertiary/aromatic N) is 5. The number of carbonyl (C=O) groups excluding carboxylic acids is 1. The molecule has 0 aliphatic carbocycles. The van der Waals surface area contributed by atoms with E-state index in [9.17, 15) is 18.0 Å². The Morgan fingerprint density at radius 1 is 1.26 bits per heavy atom. The summed E-state index contributed by atoms with van der Waals surface area (Å²) >= 11 is 0. The van der Waals surface area contributed by atoms with Gasteiger partial charge in [-0.1, -0.05) is 0 Å². The van der Waals surface area contributed by atoms with E-state index in [0.717, 1.165) is 0 Å². The molecule has 1 N–H and O–H groups in total. The molecule has 13 heteroatoms. The minimum atomic E-state index is -4.34. The standard InChI is InChI=1S/C25H31F3N6O4/c1-4-34-16(2)19-12-18(21(36-3)13-30-19)20-14-33-9-8-29-22(33)23(32-20)38-11-5-10-37-15-17(31-24(34)35)6-7-25(26,27)28/h8-9,12-14,16-17H,4-7,10-11,15H2,1-3H3,(H,31,35)/t16-,17?/m1/s1. The van der Waals surface area contributed by atoms with Crippen LogP contribution in [-0.4, -0.2) is 76.0 Å². The van der Waals surface area contributed by atoms with Gasteiger partial charge in [-0.25, -0.2) is 14.8 Å². The first kappa shape index (κ1) is 27.4. The summed E-state index contributed by atoms with van der Waals surface area (Å²) in [6, 6.07) is -0.0287. The fraction of sp³-hybridized carbons (Fsp3) is 0.520. The third kappa shape index (κ3) is 6.44. The lowest BCUT2D eigenvalue weighted by Crippen LogP contribution is -2.47. The van der Waals surface area contributed by atoms with Crippen LogP contribution in [0.4, 0.5) is 18.0 Å². The van der Waals surface area contributed by atoms with Crippen LogP contribution in [0.25, 0.3) is 16.9 Å². The molecule has 10 nitrogen and oxygen atoms in total. The molecule has 0 aromatic carbocycles. The highest BCUT2D eigenvalue weighted by Gasteiger charge is 2.30. The van der Waals surface area contributed by atoms with Gasteiger partial charge in [0.15, 0.2) is 0 Å². The summed E-state index contributed by atoms with van der Waals surface area (Å²) in [7, 11) is 1.53. The Morgan fingerprint density at radius 2 is 2.08 bits per heavy atom.